The Bertz CT molecular complexity index is 320. The number of rotatable bonds is 5. The average Bonchev–Trinajstić information content (AvgIpc) is 2.36. The number of nitrogens with zero attached hydrogens (tertiary/aromatic N) is 1. The summed E-state index contributed by atoms with van der Waals surface area (Å²) >= 11 is 0. The molecule has 1 heterocycles. The number of carbonyl (C=O) groups excluding carboxylic acids is 1. The Hall–Kier alpha value is -1.26. The molecule has 1 aliphatic heterocycles. The van der Waals surface area contributed by atoms with Gasteiger partial charge in [-0.15, -0.1) is 0 Å². The Morgan fingerprint density at radius 3 is 2.63 bits per heavy atom. The molecule has 0 bridgehead atoms. The summed E-state index contributed by atoms with van der Waals surface area (Å²) in [6.45, 7) is 8.56. The largest absolute Gasteiger partial charge is 0.481 e. The summed E-state index contributed by atoms with van der Waals surface area (Å²) in [4.78, 5) is 24.3. The van der Waals surface area contributed by atoms with Gasteiger partial charge in [-0.25, -0.2) is 4.79 Å². The number of hydrogen-bond donors (Lipinski definition) is 2. The van der Waals surface area contributed by atoms with Crippen LogP contribution in [0.4, 0.5) is 4.79 Å². The molecule has 19 heavy (non-hydrogen) atoms. The molecule has 0 saturated carbocycles. The molecule has 1 aliphatic rings. The highest BCUT2D eigenvalue weighted by atomic mass is 16.4. The highest BCUT2D eigenvalue weighted by molar-refractivity contribution is 5.74. The van der Waals surface area contributed by atoms with Gasteiger partial charge in [0.15, 0.2) is 0 Å². The highest BCUT2D eigenvalue weighted by Crippen LogP contribution is 2.22. The van der Waals surface area contributed by atoms with Crippen molar-refractivity contribution < 1.29 is 14.7 Å². The van der Waals surface area contributed by atoms with Crippen molar-refractivity contribution in [3.63, 3.8) is 0 Å². The number of carbonyl (C=O) groups is 2. The fraction of sp³-hybridized carbons (Fsp3) is 0.857. The van der Waals surface area contributed by atoms with Gasteiger partial charge in [-0.2, -0.15) is 0 Å². The third kappa shape index (κ3) is 5.49. The minimum atomic E-state index is -0.781. The first-order valence-corrected chi connectivity index (χ1v) is 7.14. The molecular weight excluding hydrogens is 244 g/mol. The second kappa shape index (κ2) is 7.36. The van der Waals surface area contributed by atoms with Crippen LogP contribution in [0.15, 0.2) is 0 Å². The summed E-state index contributed by atoms with van der Waals surface area (Å²) in [5.74, 6) is 0.640. The van der Waals surface area contributed by atoms with E-state index in [0.29, 0.717) is 24.8 Å². The van der Waals surface area contributed by atoms with Crippen molar-refractivity contribution in [3.8, 4) is 0 Å². The third-order valence-corrected chi connectivity index (χ3v) is 4.07. The molecule has 2 amide bonds. The number of urea groups is 1. The maximum atomic E-state index is 12.0. The van der Waals surface area contributed by atoms with Gasteiger partial charge in [-0.3, -0.25) is 4.79 Å². The Kier molecular flexibility index (Phi) is 6.12. The zero-order chi connectivity index (χ0) is 14.4. The molecule has 1 fully saturated rings. The van der Waals surface area contributed by atoms with Crippen LogP contribution in [0, 0.1) is 17.8 Å². The summed E-state index contributed by atoms with van der Waals surface area (Å²) in [7, 11) is 0. The summed E-state index contributed by atoms with van der Waals surface area (Å²) in [6, 6.07) is -0.0130. The zero-order valence-corrected chi connectivity index (χ0v) is 12.2. The minimum Gasteiger partial charge on any atom is -0.481 e. The predicted octanol–water partition coefficient (Wildman–Crippen LogP) is 2.17. The van der Waals surface area contributed by atoms with E-state index in [0.717, 1.165) is 19.5 Å². The topological polar surface area (TPSA) is 69.6 Å². The molecule has 110 valence electrons. The molecule has 1 rings (SSSR count). The lowest BCUT2D eigenvalue weighted by molar-refractivity contribution is -0.137. The molecule has 1 saturated heterocycles. The van der Waals surface area contributed by atoms with E-state index in [2.05, 4.69) is 19.2 Å². The number of nitrogens with one attached hydrogen (secondary N) is 1. The Morgan fingerprint density at radius 1 is 1.37 bits per heavy atom. The summed E-state index contributed by atoms with van der Waals surface area (Å²) in [6.07, 6.45) is 1.82. The van der Waals surface area contributed by atoms with Crippen LogP contribution in [0.1, 0.15) is 40.0 Å². The zero-order valence-electron chi connectivity index (χ0n) is 12.2. The molecule has 0 spiro atoms. The molecule has 5 heteroatoms. The quantitative estimate of drug-likeness (QED) is 0.804. The third-order valence-electron chi connectivity index (χ3n) is 4.07. The summed E-state index contributed by atoms with van der Waals surface area (Å²) in [5.41, 5.74) is 0. The van der Waals surface area contributed by atoms with Crippen molar-refractivity contribution >= 4 is 12.0 Å². The second-order valence-corrected chi connectivity index (χ2v) is 5.91. The number of amides is 2. The van der Waals surface area contributed by atoms with Gasteiger partial charge in [0.05, 0.1) is 0 Å². The van der Waals surface area contributed by atoms with Gasteiger partial charge in [-0.1, -0.05) is 20.8 Å². The van der Waals surface area contributed by atoms with Gasteiger partial charge in [0.25, 0.3) is 0 Å². The summed E-state index contributed by atoms with van der Waals surface area (Å²) in [5, 5.41) is 11.5. The standard InChI is InChI=1S/C14H26N2O3/c1-10(4-5-13(17)18)8-15-14(19)16-7-6-11(2)12(3)9-16/h10-12H,4-9H2,1-3H3,(H,15,19)(H,17,18). The molecule has 0 aliphatic carbocycles. The second-order valence-electron chi connectivity index (χ2n) is 5.91. The molecular formula is C14H26N2O3. The molecule has 2 N–H and O–H groups in total. The molecule has 0 aromatic heterocycles. The van der Waals surface area contributed by atoms with E-state index in [1.165, 1.54) is 0 Å². The molecule has 0 aromatic carbocycles. The maximum absolute atomic E-state index is 12.0. The van der Waals surface area contributed by atoms with Gasteiger partial charge in [0, 0.05) is 26.1 Å². The first-order valence-electron chi connectivity index (χ1n) is 7.14. The van der Waals surface area contributed by atoms with Crippen LogP contribution < -0.4 is 5.32 Å². The van der Waals surface area contributed by atoms with Crippen LogP contribution in [0.5, 0.6) is 0 Å². The van der Waals surface area contributed by atoms with E-state index < -0.39 is 5.97 Å². The smallest absolute Gasteiger partial charge is 0.317 e. The van der Waals surface area contributed by atoms with Crippen LogP contribution in [-0.2, 0) is 4.79 Å². The van der Waals surface area contributed by atoms with Gasteiger partial charge in [0.2, 0.25) is 0 Å². The van der Waals surface area contributed by atoms with E-state index in [9.17, 15) is 9.59 Å². The SMILES string of the molecule is CC(CCC(=O)O)CNC(=O)N1CCC(C)C(C)C1. The van der Waals surface area contributed by atoms with Crippen molar-refractivity contribution in [1.82, 2.24) is 10.2 Å². The summed E-state index contributed by atoms with van der Waals surface area (Å²) < 4.78 is 0. The van der Waals surface area contributed by atoms with Crippen molar-refractivity contribution in [1.29, 1.82) is 0 Å². The van der Waals surface area contributed by atoms with Crippen molar-refractivity contribution in [2.24, 2.45) is 17.8 Å². The van der Waals surface area contributed by atoms with Crippen LogP contribution in [0.2, 0.25) is 0 Å². The van der Waals surface area contributed by atoms with Gasteiger partial charge >= 0.3 is 12.0 Å². The number of carboxylic acids is 1. The van der Waals surface area contributed by atoms with Gasteiger partial charge in [-0.05, 0) is 30.6 Å². The van der Waals surface area contributed by atoms with E-state index in [-0.39, 0.29) is 18.4 Å². The normalized spacial score (nSPS) is 24.9. The molecule has 0 aromatic rings. The molecule has 5 nitrogen and oxygen atoms in total. The van der Waals surface area contributed by atoms with Gasteiger partial charge < -0.3 is 15.3 Å². The van der Waals surface area contributed by atoms with E-state index >= 15 is 0 Å². The lowest BCUT2D eigenvalue weighted by Gasteiger charge is -2.35. The highest BCUT2D eigenvalue weighted by Gasteiger charge is 2.25. The Balaban J connectivity index is 2.25. The number of carboxylic acid groups (broad SMARTS) is 1. The van der Waals surface area contributed by atoms with E-state index in [1.807, 2.05) is 11.8 Å². The van der Waals surface area contributed by atoms with Crippen molar-refractivity contribution in [3.05, 3.63) is 0 Å². The molecule has 3 atom stereocenters. The van der Waals surface area contributed by atoms with Crippen LogP contribution in [-0.4, -0.2) is 41.6 Å². The molecule has 3 unspecified atom stereocenters. The first kappa shape index (κ1) is 15.8. The van der Waals surface area contributed by atoms with E-state index in [4.69, 9.17) is 5.11 Å². The fourth-order valence-electron chi connectivity index (χ4n) is 2.29. The monoisotopic (exact) mass is 270 g/mol. The Morgan fingerprint density at radius 2 is 2.05 bits per heavy atom. The lowest BCUT2D eigenvalue weighted by atomic mass is 9.89. The van der Waals surface area contributed by atoms with Crippen LogP contribution in [0.3, 0.4) is 0 Å². The average molecular weight is 270 g/mol. The molecule has 0 radical (unpaired) electrons. The van der Waals surface area contributed by atoms with Crippen molar-refractivity contribution in [2.75, 3.05) is 19.6 Å². The van der Waals surface area contributed by atoms with Crippen LogP contribution >= 0.6 is 0 Å². The lowest BCUT2D eigenvalue weighted by Crippen LogP contribution is -2.47. The predicted molar refractivity (Wildman–Crippen MR) is 74.0 cm³/mol. The van der Waals surface area contributed by atoms with Crippen molar-refractivity contribution in [2.45, 2.75) is 40.0 Å². The number of aliphatic carboxylic acids is 1. The number of hydrogen-bond acceptors (Lipinski definition) is 2. The maximum Gasteiger partial charge on any atom is 0.317 e. The van der Waals surface area contributed by atoms with Gasteiger partial charge in [0.1, 0.15) is 0 Å². The first-order chi connectivity index (χ1) is 8.90. The van der Waals surface area contributed by atoms with Crippen LogP contribution in [0.25, 0.3) is 0 Å². The number of likely N-dealkylation sites (tertiary alicyclic amines) is 1. The van der Waals surface area contributed by atoms with E-state index in [1.54, 1.807) is 0 Å². The number of piperidine rings is 1. The Labute approximate surface area is 115 Å². The fourth-order valence-corrected chi connectivity index (χ4v) is 2.29. The minimum absolute atomic E-state index is 0.0130.